The molecular weight excluding hydrogens is 369 g/mol. The van der Waals surface area contributed by atoms with E-state index in [2.05, 4.69) is 47.7 Å². The van der Waals surface area contributed by atoms with Crippen LogP contribution in [0.4, 0.5) is 0 Å². The summed E-state index contributed by atoms with van der Waals surface area (Å²) in [6, 6.07) is 12.3. The zero-order chi connectivity index (χ0) is 15.7. The van der Waals surface area contributed by atoms with Gasteiger partial charge in [0, 0.05) is 4.90 Å². The lowest BCUT2D eigenvalue weighted by Gasteiger charge is -1.89. The van der Waals surface area contributed by atoms with Gasteiger partial charge >= 0.3 is 0 Å². The fraction of sp³-hybridized carbons (Fsp3) is 0.0667. The Bertz CT molecular complexity index is 965. The molecule has 0 amide bonds. The fourth-order valence-corrected chi connectivity index (χ4v) is 4.40. The molecule has 2 heterocycles. The molecule has 2 aromatic carbocycles. The van der Waals surface area contributed by atoms with Crippen LogP contribution >= 0.6 is 59.7 Å². The number of aromatic amines is 2. The van der Waals surface area contributed by atoms with Gasteiger partial charge in [0.05, 0.1) is 20.4 Å². The van der Waals surface area contributed by atoms with Crippen molar-refractivity contribution >= 4 is 80.2 Å². The SMILES string of the molecule is Cc1ccc2sc(=S)[nH]c2c1.S=c1[nH]c2cc(S)ccc2s1. The van der Waals surface area contributed by atoms with Crippen LogP contribution < -0.4 is 0 Å². The summed E-state index contributed by atoms with van der Waals surface area (Å²) >= 11 is 17.4. The number of hydrogen-bond acceptors (Lipinski definition) is 5. The summed E-state index contributed by atoms with van der Waals surface area (Å²) in [5.74, 6) is 0. The van der Waals surface area contributed by atoms with Gasteiger partial charge in [0.2, 0.25) is 0 Å². The molecule has 0 bridgehead atoms. The number of nitrogens with one attached hydrogen (secondary N) is 2. The number of benzene rings is 2. The van der Waals surface area contributed by atoms with E-state index in [1.165, 1.54) is 15.0 Å². The lowest BCUT2D eigenvalue weighted by molar-refractivity contribution is 1.43. The first-order valence-corrected chi connectivity index (χ1v) is 9.32. The van der Waals surface area contributed by atoms with E-state index in [0.29, 0.717) is 0 Å². The van der Waals surface area contributed by atoms with E-state index in [1.54, 1.807) is 22.7 Å². The van der Waals surface area contributed by atoms with Crippen LogP contribution in [-0.4, -0.2) is 9.97 Å². The van der Waals surface area contributed by atoms with Crippen molar-refractivity contribution in [2.24, 2.45) is 0 Å². The summed E-state index contributed by atoms with van der Waals surface area (Å²) in [7, 11) is 0. The van der Waals surface area contributed by atoms with Crippen LogP contribution in [0.3, 0.4) is 0 Å². The molecule has 0 fully saturated rings. The minimum atomic E-state index is 0.818. The first-order valence-electron chi connectivity index (χ1n) is 6.42. The normalized spacial score (nSPS) is 10.6. The largest absolute Gasteiger partial charge is 0.337 e. The Labute approximate surface area is 151 Å². The van der Waals surface area contributed by atoms with Crippen molar-refractivity contribution in [1.82, 2.24) is 9.97 Å². The summed E-state index contributed by atoms with van der Waals surface area (Å²) in [5, 5.41) is 0. The van der Waals surface area contributed by atoms with Crippen LogP contribution in [0.25, 0.3) is 20.4 Å². The molecular formula is C15H12N2S5. The quantitative estimate of drug-likeness (QED) is 0.240. The molecule has 0 atom stereocenters. The van der Waals surface area contributed by atoms with Gasteiger partial charge in [-0.25, -0.2) is 0 Å². The standard InChI is InChI=1S/C8H7NS2.C7H5NS3/c1-5-2-3-7-6(4-5)9-8(10)11-7;9-4-1-2-6-5(3-4)8-7(10)11-6/h2-4H,1H3,(H,9,10);1-3,9H,(H,8,10). The predicted molar refractivity (Wildman–Crippen MR) is 106 cm³/mol. The summed E-state index contributed by atoms with van der Waals surface area (Å²) < 4.78 is 4.10. The van der Waals surface area contributed by atoms with Gasteiger partial charge in [-0.15, -0.1) is 35.3 Å². The number of hydrogen-bond donors (Lipinski definition) is 3. The molecule has 0 saturated carbocycles. The van der Waals surface area contributed by atoms with Crippen LogP contribution in [0.1, 0.15) is 5.56 Å². The lowest BCUT2D eigenvalue weighted by atomic mass is 10.2. The molecule has 4 rings (SSSR count). The van der Waals surface area contributed by atoms with Crippen LogP contribution in [0, 0.1) is 14.8 Å². The lowest BCUT2D eigenvalue weighted by Crippen LogP contribution is -1.70. The van der Waals surface area contributed by atoms with Crippen LogP contribution in [0.15, 0.2) is 41.3 Å². The molecule has 0 aliphatic heterocycles. The van der Waals surface area contributed by atoms with Gasteiger partial charge in [-0.2, -0.15) is 0 Å². The average molecular weight is 381 g/mol. The van der Waals surface area contributed by atoms with Gasteiger partial charge in [-0.3, -0.25) is 0 Å². The van der Waals surface area contributed by atoms with Crippen molar-refractivity contribution < 1.29 is 0 Å². The molecule has 0 radical (unpaired) electrons. The third-order valence-corrected chi connectivity index (χ3v) is 5.69. The number of H-pyrrole nitrogens is 2. The summed E-state index contributed by atoms with van der Waals surface area (Å²) in [6.45, 7) is 2.08. The van der Waals surface area contributed by atoms with Gasteiger partial charge in [0.15, 0.2) is 7.91 Å². The second-order valence-electron chi connectivity index (χ2n) is 4.71. The second kappa shape index (κ2) is 6.64. The minimum absolute atomic E-state index is 0.818. The highest BCUT2D eigenvalue weighted by Gasteiger charge is 1.96. The van der Waals surface area contributed by atoms with Crippen LogP contribution in [-0.2, 0) is 0 Å². The number of thiazole rings is 2. The van der Waals surface area contributed by atoms with E-state index in [9.17, 15) is 0 Å². The Kier molecular flexibility index (Phi) is 4.79. The molecule has 2 N–H and O–H groups in total. The number of fused-ring (bicyclic) bond motifs is 2. The highest BCUT2D eigenvalue weighted by molar-refractivity contribution is 7.80. The van der Waals surface area contributed by atoms with Gasteiger partial charge in [-0.1, -0.05) is 6.07 Å². The Hall–Kier alpha value is -0.990. The molecule has 0 aliphatic carbocycles. The van der Waals surface area contributed by atoms with Gasteiger partial charge in [-0.05, 0) is 67.3 Å². The van der Waals surface area contributed by atoms with Gasteiger partial charge in [0.25, 0.3) is 0 Å². The molecule has 112 valence electrons. The molecule has 22 heavy (non-hydrogen) atoms. The topological polar surface area (TPSA) is 31.6 Å². The number of aryl methyl sites for hydroxylation is 1. The van der Waals surface area contributed by atoms with Crippen LogP contribution in [0.2, 0.25) is 0 Å². The fourth-order valence-electron chi connectivity index (χ4n) is 2.01. The minimum Gasteiger partial charge on any atom is -0.337 e. The Morgan fingerprint density at radius 2 is 1.41 bits per heavy atom. The summed E-state index contributed by atoms with van der Waals surface area (Å²) in [4.78, 5) is 7.18. The van der Waals surface area contributed by atoms with E-state index in [-0.39, 0.29) is 0 Å². The zero-order valence-corrected chi connectivity index (χ0v) is 15.7. The molecule has 0 spiro atoms. The third-order valence-electron chi connectivity index (χ3n) is 2.98. The van der Waals surface area contributed by atoms with Crippen LogP contribution in [0.5, 0.6) is 0 Å². The Morgan fingerprint density at radius 3 is 2.05 bits per heavy atom. The van der Waals surface area contributed by atoms with E-state index in [1.807, 2.05) is 18.2 Å². The van der Waals surface area contributed by atoms with Gasteiger partial charge in [0.1, 0.15) is 0 Å². The second-order valence-corrected chi connectivity index (χ2v) is 8.66. The highest BCUT2D eigenvalue weighted by Crippen LogP contribution is 2.21. The smallest absolute Gasteiger partial charge is 0.159 e. The Balaban J connectivity index is 0.000000131. The molecule has 0 unspecified atom stereocenters. The van der Waals surface area contributed by atoms with Gasteiger partial charge < -0.3 is 9.97 Å². The molecule has 4 aromatic rings. The zero-order valence-electron chi connectivity index (χ0n) is 11.5. The average Bonchev–Trinajstić information content (AvgIpc) is 2.99. The van der Waals surface area contributed by atoms with E-state index in [4.69, 9.17) is 24.4 Å². The summed E-state index contributed by atoms with van der Waals surface area (Å²) in [5.41, 5.74) is 3.49. The number of aromatic nitrogens is 2. The van der Waals surface area contributed by atoms with E-state index >= 15 is 0 Å². The Morgan fingerprint density at radius 1 is 0.864 bits per heavy atom. The monoisotopic (exact) mass is 380 g/mol. The van der Waals surface area contributed by atoms with Crippen molar-refractivity contribution in [3.8, 4) is 0 Å². The molecule has 2 aromatic heterocycles. The van der Waals surface area contributed by atoms with E-state index < -0.39 is 0 Å². The number of thiol groups is 1. The number of rotatable bonds is 0. The van der Waals surface area contributed by atoms with Crippen molar-refractivity contribution in [3.05, 3.63) is 49.9 Å². The van der Waals surface area contributed by atoms with Crippen molar-refractivity contribution in [2.75, 3.05) is 0 Å². The highest BCUT2D eigenvalue weighted by atomic mass is 32.2. The maximum absolute atomic E-state index is 5.02. The molecule has 7 heteroatoms. The molecule has 0 aliphatic rings. The van der Waals surface area contributed by atoms with Crippen molar-refractivity contribution in [1.29, 1.82) is 0 Å². The summed E-state index contributed by atoms with van der Waals surface area (Å²) in [6.07, 6.45) is 0. The predicted octanol–water partition coefficient (Wildman–Crippen LogP) is 6.51. The molecule has 2 nitrogen and oxygen atoms in total. The molecule has 0 saturated heterocycles. The first-order chi connectivity index (χ1) is 10.5. The maximum atomic E-state index is 5.02. The van der Waals surface area contributed by atoms with E-state index in [0.717, 1.165) is 23.8 Å². The van der Waals surface area contributed by atoms with Crippen molar-refractivity contribution in [3.63, 3.8) is 0 Å². The first kappa shape index (κ1) is 15.9. The maximum Gasteiger partial charge on any atom is 0.159 e. The van der Waals surface area contributed by atoms with Crippen molar-refractivity contribution in [2.45, 2.75) is 11.8 Å². The third kappa shape index (κ3) is 3.67.